The number of nitrogens with zero attached hydrogens (tertiary/aromatic N) is 2. The van der Waals surface area contributed by atoms with E-state index < -0.39 is 23.4 Å². The number of alkyl halides is 3. The first-order chi connectivity index (χ1) is 17.3. The SMILES string of the molecule is C=C(/C=C(Cl)\C=N/C)[C@H](CC(=O)NC[C@H](Cc1ccc(C(=O)NC)cc1Cl)N(C)C)C1(C(F)(F)F)CC1. The number of hydrogen-bond donors (Lipinski definition) is 2. The van der Waals surface area contributed by atoms with Crippen LogP contribution in [0, 0.1) is 11.3 Å². The standard InChI is InChI=1S/C26H33Cl2F3N4O2/c1-16(10-19(27)14-32-2)21(25(8-9-25)26(29,30)31)13-23(36)34-15-20(35(4)5)11-17-6-7-18(12-22(17)28)24(37)33-3/h6-7,10,12,14,20-21H,1,8-9,11,13,15H2,2-5H3,(H,33,37)(H,34,36)/b19-10+,32-14-/t20-,21-/m0/s1. The molecule has 1 saturated carbocycles. The predicted octanol–water partition coefficient (Wildman–Crippen LogP) is 5.02. The molecule has 2 N–H and O–H groups in total. The van der Waals surface area contributed by atoms with Gasteiger partial charge in [0.2, 0.25) is 5.91 Å². The lowest BCUT2D eigenvalue weighted by molar-refractivity contribution is -0.199. The molecule has 0 heterocycles. The Balaban J connectivity index is 2.14. The fourth-order valence-corrected chi connectivity index (χ4v) is 4.76. The zero-order chi connectivity index (χ0) is 28.0. The Kier molecular flexibility index (Phi) is 10.8. The molecule has 204 valence electrons. The van der Waals surface area contributed by atoms with Gasteiger partial charge in [0, 0.05) is 55.8 Å². The van der Waals surface area contributed by atoms with Crippen LogP contribution in [0.4, 0.5) is 13.2 Å². The molecule has 1 aliphatic rings. The second-order valence-electron chi connectivity index (χ2n) is 9.41. The van der Waals surface area contributed by atoms with Crippen LogP contribution < -0.4 is 10.6 Å². The summed E-state index contributed by atoms with van der Waals surface area (Å²) in [5, 5.41) is 5.87. The van der Waals surface area contributed by atoms with E-state index in [9.17, 15) is 22.8 Å². The van der Waals surface area contributed by atoms with Crippen molar-refractivity contribution in [1.82, 2.24) is 15.5 Å². The van der Waals surface area contributed by atoms with Gasteiger partial charge < -0.3 is 15.5 Å². The van der Waals surface area contributed by atoms with Crippen LogP contribution in [0.5, 0.6) is 0 Å². The number of carbonyl (C=O) groups excluding carboxylic acids is 2. The molecule has 1 aliphatic carbocycles. The highest BCUT2D eigenvalue weighted by molar-refractivity contribution is 6.39. The summed E-state index contributed by atoms with van der Waals surface area (Å²) < 4.78 is 41.8. The monoisotopic (exact) mass is 560 g/mol. The Hall–Kier alpha value is -2.36. The topological polar surface area (TPSA) is 73.8 Å². The molecule has 6 nitrogen and oxygen atoms in total. The third kappa shape index (κ3) is 8.06. The van der Waals surface area contributed by atoms with Crippen LogP contribution >= 0.6 is 23.2 Å². The number of halogens is 5. The van der Waals surface area contributed by atoms with Crippen LogP contribution in [-0.2, 0) is 11.2 Å². The molecule has 1 aromatic carbocycles. The smallest absolute Gasteiger partial charge is 0.355 e. The van der Waals surface area contributed by atoms with Crippen molar-refractivity contribution >= 4 is 41.2 Å². The summed E-state index contributed by atoms with van der Waals surface area (Å²) in [5.41, 5.74) is -0.642. The number of carbonyl (C=O) groups is 2. The average Bonchev–Trinajstić information content (AvgIpc) is 3.62. The van der Waals surface area contributed by atoms with Gasteiger partial charge in [-0.1, -0.05) is 35.8 Å². The summed E-state index contributed by atoms with van der Waals surface area (Å²) in [7, 11) is 6.68. The molecule has 0 saturated heterocycles. The van der Waals surface area contributed by atoms with Crippen LogP contribution in [0.3, 0.4) is 0 Å². The second-order valence-corrected chi connectivity index (χ2v) is 10.3. The van der Waals surface area contributed by atoms with Crippen molar-refractivity contribution in [3.05, 3.63) is 57.6 Å². The molecular formula is C26H33Cl2F3N4O2. The van der Waals surface area contributed by atoms with E-state index in [4.69, 9.17) is 23.2 Å². The quantitative estimate of drug-likeness (QED) is 0.278. The molecule has 0 aromatic heterocycles. The van der Waals surface area contributed by atoms with Crippen molar-refractivity contribution in [3.63, 3.8) is 0 Å². The van der Waals surface area contributed by atoms with Gasteiger partial charge in [-0.15, -0.1) is 0 Å². The number of hydrogen-bond acceptors (Lipinski definition) is 4. The van der Waals surface area contributed by atoms with Crippen molar-refractivity contribution in [2.45, 2.75) is 37.9 Å². The Labute approximate surface area is 226 Å². The number of allylic oxidation sites excluding steroid dienone is 3. The number of nitrogens with one attached hydrogen (secondary N) is 2. The lowest BCUT2D eigenvalue weighted by atomic mass is 9.80. The van der Waals surface area contributed by atoms with Crippen molar-refractivity contribution in [1.29, 1.82) is 0 Å². The van der Waals surface area contributed by atoms with Crippen molar-refractivity contribution in [2.75, 3.05) is 34.7 Å². The molecule has 1 aromatic rings. The number of aliphatic imine (C=N–C) groups is 1. The third-order valence-corrected chi connectivity index (χ3v) is 7.25. The van der Waals surface area contributed by atoms with Crippen LogP contribution in [0.2, 0.25) is 5.02 Å². The molecule has 2 rings (SSSR count). The third-order valence-electron chi connectivity index (χ3n) is 6.70. The Bertz CT molecular complexity index is 1070. The van der Waals surface area contributed by atoms with Gasteiger partial charge >= 0.3 is 6.18 Å². The summed E-state index contributed by atoms with van der Waals surface area (Å²) >= 11 is 12.4. The minimum absolute atomic E-state index is 0.0638. The fourth-order valence-electron chi connectivity index (χ4n) is 4.26. The van der Waals surface area contributed by atoms with Gasteiger partial charge in [0.15, 0.2) is 0 Å². The van der Waals surface area contributed by atoms with Crippen molar-refractivity contribution in [2.24, 2.45) is 16.3 Å². The van der Waals surface area contributed by atoms with Crippen LogP contribution in [0.25, 0.3) is 0 Å². The summed E-state index contributed by atoms with van der Waals surface area (Å²) in [6, 6.07) is 4.80. The lowest BCUT2D eigenvalue weighted by Gasteiger charge is -2.30. The summed E-state index contributed by atoms with van der Waals surface area (Å²) in [6.45, 7) is 4.00. The summed E-state index contributed by atoms with van der Waals surface area (Å²) in [6.07, 6.45) is -1.86. The van der Waals surface area contributed by atoms with Gasteiger partial charge in [0.25, 0.3) is 5.91 Å². The van der Waals surface area contributed by atoms with E-state index in [0.29, 0.717) is 17.0 Å². The van der Waals surface area contributed by atoms with E-state index in [1.807, 2.05) is 19.0 Å². The highest BCUT2D eigenvalue weighted by atomic mass is 35.5. The highest BCUT2D eigenvalue weighted by Crippen LogP contribution is 2.64. The number of benzene rings is 1. The van der Waals surface area contributed by atoms with E-state index in [1.54, 1.807) is 18.2 Å². The highest BCUT2D eigenvalue weighted by Gasteiger charge is 2.67. The Morgan fingerprint density at radius 2 is 1.95 bits per heavy atom. The number of rotatable bonds is 12. The maximum atomic E-state index is 13.9. The lowest BCUT2D eigenvalue weighted by Crippen LogP contribution is -2.43. The second kappa shape index (κ2) is 12.9. The number of likely N-dealkylation sites (N-methyl/N-ethyl adjacent to an activating group) is 1. The van der Waals surface area contributed by atoms with Gasteiger partial charge in [-0.25, -0.2) is 0 Å². The average molecular weight is 561 g/mol. The van der Waals surface area contributed by atoms with Crippen LogP contribution in [0.15, 0.2) is 46.5 Å². The molecule has 0 aliphatic heterocycles. The molecule has 0 unspecified atom stereocenters. The van der Waals surface area contributed by atoms with Gasteiger partial charge in [0.1, 0.15) is 0 Å². The molecule has 2 amide bonds. The van der Waals surface area contributed by atoms with Gasteiger partial charge in [0.05, 0.1) is 10.4 Å². The van der Waals surface area contributed by atoms with Gasteiger partial charge in [-0.05, 0) is 62.7 Å². The summed E-state index contributed by atoms with van der Waals surface area (Å²) in [5.74, 6) is -1.91. The van der Waals surface area contributed by atoms with E-state index in [1.165, 1.54) is 26.4 Å². The normalized spacial score (nSPS) is 17.0. The zero-order valence-electron chi connectivity index (χ0n) is 21.4. The molecular weight excluding hydrogens is 528 g/mol. The molecule has 2 atom stereocenters. The molecule has 1 fully saturated rings. The first kappa shape index (κ1) is 30.9. The van der Waals surface area contributed by atoms with Crippen LogP contribution in [-0.4, -0.2) is 69.9 Å². The number of amides is 2. The first-order valence-corrected chi connectivity index (χ1v) is 12.5. The van der Waals surface area contributed by atoms with E-state index in [2.05, 4.69) is 22.2 Å². The van der Waals surface area contributed by atoms with Crippen LogP contribution in [0.1, 0.15) is 35.2 Å². The molecule has 0 radical (unpaired) electrons. The fraction of sp³-hybridized carbons (Fsp3) is 0.500. The maximum absolute atomic E-state index is 13.9. The Morgan fingerprint density at radius 1 is 1.30 bits per heavy atom. The van der Waals surface area contributed by atoms with E-state index in [-0.39, 0.29) is 48.4 Å². The molecule has 37 heavy (non-hydrogen) atoms. The molecule has 0 spiro atoms. The molecule has 0 bridgehead atoms. The largest absolute Gasteiger partial charge is 0.395 e. The van der Waals surface area contributed by atoms with Gasteiger partial charge in [-0.2, -0.15) is 13.2 Å². The minimum atomic E-state index is -4.47. The van der Waals surface area contributed by atoms with E-state index >= 15 is 0 Å². The summed E-state index contributed by atoms with van der Waals surface area (Å²) in [4.78, 5) is 30.4. The first-order valence-electron chi connectivity index (χ1n) is 11.7. The van der Waals surface area contributed by atoms with Crippen molar-refractivity contribution < 1.29 is 22.8 Å². The molecule has 11 heteroatoms. The Morgan fingerprint density at radius 3 is 2.43 bits per heavy atom. The van der Waals surface area contributed by atoms with Gasteiger partial charge in [-0.3, -0.25) is 14.6 Å². The zero-order valence-corrected chi connectivity index (χ0v) is 22.9. The van der Waals surface area contributed by atoms with Crippen molar-refractivity contribution in [3.8, 4) is 0 Å². The minimum Gasteiger partial charge on any atom is -0.355 e. The van der Waals surface area contributed by atoms with E-state index in [0.717, 1.165) is 5.56 Å². The predicted molar refractivity (Wildman–Crippen MR) is 142 cm³/mol. The maximum Gasteiger partial charge on any atom is 0.395 e.